The van der Waals surface area contributed by atoms with Crippen molar-refractivity contribution in [2.24, 2.45) is 5.73 Å². The molecule has 2 N–H and O–H groups in total. The fourth-order valence-corrected chi connectivity index (χ4v) is 1.77. The number of fused-ring (bicyclic) bond motifs is 1. The molecule has 2 rings (SSSR count). The molecule has 0 aliphatic rings. The zero-order valence-corrected chi connectivity index (χ0v) is 9.20. The molecular weight excluding hydrogens is 241 g/mol. The Kier molecular flexibility index (Phi) is 2.34. The summed E-state index contributed by atoms with van der Waals surface area (Å²) in [6.45, 7) is 0. The first-order chi connectivity index (χ1) is 6.58. The van der Waals surface area contributed by atoms with Crippen molar-refractivity contribution in [1.82, 2.24) is 9.38 Å². The van der Waals surface area contributed by atoms with Crippen LogP contribution in [0.25, 0.3) is 5.65 Å². The molecule has 0 unspecified atom stereocenters. The van der Waals surface area contributed by atoms with Gasteiger partial charge < -0.3 is 10.1 Å². The normalized spacial score (nSPS) is 10.7. The number of imidazole rings is 1. The molecule has 0 saturated heterocycles. The second kappa shape index (κ2) is 3.38. The number of thiocarbonyl (C=S) groups is 1. The lowest BCUT2D eigenvalue weighted by atomic mass is 10.5. The maximum absolute atomic E-state index is 5.93. The summed E-state index contributed by atoms with van der Waals surface area (Å²) in [4.78, 5) is 4.40. The summed E-state index contributed by atoms with van der Waals surface area (Å²) in [7, 11) is 0. The molecule has 0 aromatic carbocycles. The van der Waals surface area contributed by atoms with Crippen molar-refractivity contribution in [3.8, 4) is 0 Å². The number of nitrogens with zero attached hydrogens (tertiary/aromatic N) is 2. The molecule has 0 radical (unpaired) electrons. The molecule has 2 aromatic rings. The third-order valence-corrected chi connectivity index (χ3v) is 2.42. The fourth-order valence-electron chi connectivity index (χ4n) is 1.14. The summed E-state index contributed by atoms with van der Waals surface area (Å²) < 4.78 is 1.69. The predicted molar refractivity (Wildman–Crippen MR) is 61.1 cm³/mol. The van der Waals surface area contributed by atoms with E-state index in [1.54, 1.807) is 22.9 Å². The molecule has 0 fully saturated rings. The van der Waals surface area contributed by atoms with Crippen LogP contribution in [0.4, 0.5) is 0 Å². The number of rotatable bonds is 1. The molecular formula is C8H5Cl2N3S. The molecule has 0 aliphatic carbocycles. The third-order valence-electron chi connectivity index (χ3n) is 1.73. The quantitative estimate of drug-likeness (QED) is 0.785. The third kappa shape index (κ3) is 1.56. The zero-order valence-electron chi connectivity index (χ0n) is 6.87. The molecule has 0 amide bonds. The van der Waals surface area contributed by atoms with E-state index < -0.39 is 0 Å². The second-order valence-electron chi connectivity index (χ2n) is 2.73. The lowest BCUT2D eigenvalue weighted by molar-refractivity contribution is 1.19. The maximum atomic E-state index is 5.93. The summed E-state index contributed by atoms with van der Waals surface area (Å²) in [6.07, 6.45) is 3.38. The van der Waals surface area contributed by atoms with Crippen LogP contribution in [0.1, 0.15) is 5.69 Å². The van der Waals surface area contributed by atoms with Gasteiger partial charge in [0.15, 0.2) is 5.65 Å². The summed E-state index contributed by atoms with van der Waals surface area (Å²) in [5.41, 5.74) is 6.57. The van der Waals surface area contributed by atoms with Gasteiger partial charge >= 0.3 is 0 Å². The van der Waals surface area contributed by atoms with Gasteiger partial charge in [0, 0.05) is 12.4 Å². The highest BCUT2D eigenvalue weighted by Gasteiger charge is 2.07. The van der Waals surface area contributed by atoms with E-state index in [9.17, 15) is 0 Å². The highest BCUT2D eigenvalue weighted by atomic mass is 35.5. The van der Waals surface area contributed by atoms with Crippen LogP contribution < -0.4 is 5.73 Å². The molecule has 2 aromatic heterocycles. The Morgan fingerprint density at radius 3 is 2.79 bits per heavy atom. The van der Waals surface area contributed by atoms with Gasteiger partial charge in [-0.15, -0.1) is 0 Å². The van der Waals surface area contributed by atoms with Gasteiger partial charge in [-0.25, -0.2) is 4.98 Å². The number of aromatic nitrogens is 2. The van der Waals surface area contributed by atoms with Gasteiger partial charge in [-0.1, -0.05) is 35.4 Å². The van der Waals surface area contributed by atoms with E-state index in [1.807, 2.05) is 0 Å². The van der Waals surface area contributed by atoms with Gasteiger partial charge in [-0.05, 0) is 6.07 Å². The van der Waals surface area contributed by atoms with E-state index in [1.165, 1.54) is 0 Å². The molecule has 0 spiro atoms. The largest absolute Gasteiger partial charge is 0.388 e. The summed E-state index contributed by atoms with van der Waals surface area (Å²) >= 11 is 16.5. The maximum Gasteiger partial charge on any atom is 0.156 e. The average molecular weight is 246 g/mol. The lowest BCUT2D eigenvalue weighted by Crippen LogP contribution is -2.09. The fraction of sp³-hybridized carbons (Fsp3) is 0. The first kappa shape index (κ1) is 9.71. The van der Waals surface area contributed by atoms with E-state index in [-0.39, 0.29) is 4.99 Å². The minimum absolute atomic E-state index is 0.237. The Morgan fingerprint density at radius 2 is 2.14 bits per heavy atom. The Labute approximate surface area is 95.4 Å². The number of pyridine rings is 1. The molecule has 3 nitrogen and oxygen atoms in total. The van der Waals surface area contributed by atoms with Crippen molar-refractivity contribution < 1.29 is 0 Å². The number of halogens is 2. The predicted octanol–water partition coefficient (Wildman–Crippen LogP) is 2.28. The minimum Gasteiger partial charge on any atom is -0.388 e. The summed E-state index contributed by atoms with van der Waals surface area (Å²) in [5, 5.41) is 1.01. The van der Waals surface area contributed by atoms with Crippen LogP contribution >= 0.6 is 35.4 Å². The molecule has 72 valence electrons. The Morgan fingerprint density at radius 1 is 1.43 bits per heavy atom. The van der Waals surface area contributed by atoms with E-state index in [0.717, 1.165) is 0 Å². The van der Waals surface area contributed by atoms with Gasteiger partial charge in [0.05, 0.1) is 10.0 Å². The van der Waals surface area contributed by atoms with E-state index in [2.05, 4.69) is 4.98 Å². The highest BCUT2D eigenvalue weighted by Crippen LogP contribution is 2.21. The SMILES string of the molecule is NC(=S)c1cn2cc(Cl)cc(Cl)c2n1. The second-order valence-corrected chi connectivity index (χ2v) is 4.01. The van der Waals surface area contributed by atoms with Gasteiger partial charge in [0.2, 0.25) is 0 Å². The molecule has 6 heteroatoms. The number of hydrogen-bond donors (Lipinski definition) is 1. The van der Waals surface area contributed by atoms with E-state index in [4.69, 9.17) is 41.2 Å². The molecule has 2 heterocycles. The van der Waals surface area contributed by atoms with Crippen LogP contribution in [0.3, 0.4) is 0 Å². The monoisotopic (exact) mass is 245 g/mol. The van der Waals surface area contributed by atoms with Crippen molar-refractivity contribution in [2.75, 3.05) is 0 Å². The van der Waals surface area contributed by atoms with Crippen molar-refractivity contribution in [3.05, 3.63) is 34.2 Å². The first-order valence-electron chi connectivity index (χ1n) is 3.71. The van der Waals surface area contributed by atoms with Crippen molar-refractivity contribution in [2.45, 2.75) is 0 Å². The molecule has 0 bridgehead atoms. The number of hydrogen-bond acceptors (Lipinski definition) is 2. The van der Waals surface area contributed by atoms with Crippen LogP contribution in [0, 0.1) is 0 Å². The Bertz CT molecular complexity index is 521. The molecule has 0 aliphatic heterocycles. The number of nitrogens with two attached hydrogens (primary N) is 1. The standard InChI is InChI=1S/C8H5Cl2N3S/c9-4-1-5(10)8-12-6(7(11)14)3-13(8)2-4/h1-3H,(H2,11,14). The minimum atomic E-state index is 0.237. The average Bonchev–Trinajstić information content (AvgIpc) is 2.47. The molecule has 0 saturated carbocycles. The highest BCUT2D eigenvalue weighted by molar-refractivity contribution is 7.80. The van der Waals surface area contributed by atoms with Crippen LogP contribution in [0.15, 0.2) is 18.5 Å². The van der Waals surface area contributed by atoms with Crippen LogP contribution in [-0.4, -0.2) is 14.4 Å². The zero-order chi connectivity index (χ0) is 10.3. The molecule has 0 atom stereocenters. The van der Waals surface area contributed by atoms with Crippen molar-refractivity contribution in [3.63, 3.8) is 0 Å². The van der Waals surface area contributed by atoms with Gasteiger partial charge in [0.25, 0.3) is 0 Å². The van der Waals surface area contributed by atoms with Crippen molar-refractivity contribution >= 4 is 46.1 Å². The van der Waals surface area contributed by atoms with Gasteiger partial charge in [-0.2, -0.15) is 0 Å². The van der Waals surface area contributed by atoms with Crippen molar-refractivity contribution in [1.29, 1.82) is 0 Å². The Balaban J connectivity index is 2.76. The smallest absolute Gasteiger partial charge is 0.156 e. The van der Waals surface area contributed by atoms with Crippen LogP contribution in [0.2, 0.25) is 10.0 Å². The van der Waals surface area contributed by atoms with E-state index >= 15 is 0 Å². The molecule has 14 heavy (non-hydrogen) atoms. The topological polar surface area (TPSA) is 43.3 Å². The lowest BCUT2D eigenvalue weighted by Gasteiger charge is -1.95. The van der Waals surface area contributed by atoms with Crippen LogP contribution in [0.5, 0.6) is 0 Å². The van der Waals surface area contributed by atoms with Gasteiger partial charge in [-0.3, -0.25) is 0 Å². The summed E-state index contributed by atoms with van der Waals surface area (Å²) in [5.74, 6) is 0. The van der Waals surface area contributed by atoms with Crippen LogP contribution in [-0.2, 0) is 0 Å². The summed E-state index contributed by atoms with van der Waals surface area (Å²) in [6, 6.07) is 1.62. The van der Waals surface area contributed by atoms with E-state index in [0.29, 0.717) is 21.4 Å². The van der Waals surface area contributed by atoms with Gasteiger partial charge in [0.1, 0.15) is 10.7 Å². The Hall–Kier alpha value is -0.840. The first-order valence-corrected chi connectivity index (χ1v) is 4.88.